The smallest absolute Gasteiger partial charge is 0.248 e. The minimum absolute atomic E-state index is 0.194. The first-order valence-corrected chi connectivity index (χ1v) is 7.05. The molecule has 1 aliphatic heterocycles. The zero-order valence-electron chi connectivity index (χ0n) is 11.0. The Kier molecular flexibility index (Phi) is 4.00. The molecule has 1 aromatic carbocycles. The predicted octanol–water partition coefficient (Wildman–Crippen LogP) is 2.67. The molecule has 2 N–H and O–H groups in total. The summed E-state index contributed by atoms with van der Waals surface area (Å²) in [4.78, 5) is 4.41. The summed E-state index contributed by atoms with van der Waals surface area (Å²) in [6.45, 7) is 1.45. The van der Waals surface area contributed by atoms with Gasteiger partial charge in [-0.05, 0) is 24.5 Å². The van der Waals surface area contributed by atoms with Crippen LogP contribution in [0, 0.1) is 0 Å². The van der Waals surface area contributed by atoms with Gasteiger partial charge in [-0.1, -0.05) is 35.0 Å². The zero-order valence-corrected chi connectivity index (χ0v) is 11.7. The van der Waals surface area contributed by atoms with Crippen LogP contribution in [0.15, 0.2) is 28.8 Å². The van der Waals surface area contributed by atoms with Crippen LogP contribution in [-0.2, 0) is 4.74 Å². The second-order valence-electron chi connectivity index (χ2n) is 4.90. The van der Waals surface area contributed by atoms with Crippen molar-refractivity contribution in [2.45, 2.75) is 24.8 Å². The molecular weight excluding hydrogens is 278 g/mol. The summed E-state index contributed by atoms with van der Waals surface area (Å²) in [7, 11) is 0. The number of benzene rings is 1. The summed E-state index contributed by atoms with van der Waals surface area (Å²) in [5.41, 5.74) is 6.93. The summed E-state index contributed by atoms with van der Waals surface area (Å²) in [6.07, 6.45) is 2.03. The number of hydrogen-bond acceptors (Lipinski definition) is 5. The molecule has 1 unspecified atom stereocenters. The Morgan fingerprint density at radius 2 is 2.20 bits per heavy atom. The van der Waals surface area contributed by atoms with Gasteiger partial charge in [0.25, 0.3) is 0 Å². The fraction of sp³-hybridized carbons (Fsp3) is 0.429. The van der Waals surface area contributed by atoms with Gasteiger partial charge in [-0.3, -0.25) is 0 Å². The summed E-state index contributed by atoms with van der Waals surface area (Å²) in [5.74, 6) is 1.25. The molecule has 1 aromatic heterocycles. The second kappa shape index (κ2) is 5.91. The second-order valence-corrected chi connectivity index (χ2v) is 5.31. The molecule has 1 aliphatic rings. The molecule has 0 aliphatic carbocycles. The Labute approximate surface area is 122 Å². The third-order valence-corrected chi connectivity index (χ3v) is 3.83. The SMILES string of the molecule is N[C@@H](c1nc(C2CCCOC2)no1)c1ccccc1Cl. The number of rotatable bonds is 3. The van der Waals surface area contributed by atoms with Crippen LogP contribution in [0.3, 0.4) is 0 Å². The fourth-order valence-electron chi connectivity index (χ4n) is 2.34. The normalized spacial score (nSPS) is 20.8. The van der Waals surface area contributed by atoms with Crippen molar-refractivity contribution < 1.29 is 9.26 Å². The lowest BCUT2D eigenvalue weighted by Gasteiger charge is -2.18. The minimum Gasteiger partial charge on any atom is -0.381 e. The molecule has 2 aromatic rings. The van der Waals surface area contributed by atoms with Crippen LogP contribution in [0.2, 0.25) is 5.02 Å². The highest BCUT2D eigenvalue weighted by Gasteiger charge is 2.24. The quantitative estimate of drug-likeness (QED) is 0.941. The van der Waals surface area contributed by atoms with Gasteiger partial charge in [0.1, 0.15) is 6.04 Å². The lowest BCUT2D eigenvalue weighted by atomic mass is 10.0. The van der Waals surface area contributed by atoms with E-state index in [4.69, 9.17) is 26.6 Å². The number of hydrogen-bond donors (Lipinski definition) is 1. The van der Waals surface area contributed by atoms with Crippen molar-refractivity contribution in [3.63, 3.8) is 0 Å². The molecule has 1 saturated heterocycles. The highest BCUT2D eigenvalue weighted by Crippen LogP contribution is 2.28. The van der Waals surface area contributed by atoms with Crippen LogP contribution in [0.25, 0.3) is 0 Å². The van der Waals surface area contributed by atoms with Crippen LogP contribution >= 0.6 is 11.6 Å². The van der Waals surface area contributed by atoms with E-state index in [2.05, 4.69) is 10.1 Å². The van der Waals surface area contributed by atoms with Crippen molar-refractivity contribution in [3.05, 3.63) is 46.6 Å². The maximum atomic E-state index is 6.15. The molecule has 1 fully saturated rings. The van der Waals surface area contributed by atoms with Crippen LogP contribution < -0.4 is 5.73 Å². The largest absolute Gasteiger partial charge is 0.381 e. The van der Waals surface area contributed by atoms with E-state index in [-0.39, 0.29) is 5.92 Å². The third kappa shape index (κ3) is 2.70. The van der Waals surface area contributed by atoms with Crippen molar-refractivity contribution in [2.24, 2.45) is 5.73 Å². The van der Waals surface area contributed by atoms with Gasteiger partial charge in [0, 0.05) is 17.5 Å². The highest BCUT2D eigenvalue weighted by atomic mass is 35.5. The third-order valence-electron chi connectivity index (χ3n) is 3.49. The van der Waals surface area contributed by atoms with E-state index in [1.54, 1.807) is 6.07 Å². The molecule has 20 heavy (non-hydrogen) atoms. The Hall–Kier alpha value is -1.43. The van der Waals surface area contributed by atoms with Crippen molar-refractivity contribution in [2.75, 3.05) is 13.2 Å². The molecule has 0 bridgehead atoms. The van der Waals surface area contributed by atoms with Crippen LogP contribution in [0.4, 0.5) is 0 Å². The molecule has 0 amide bonds. The van der Waals surface area contributed by atoms with Crippen LogP contribution in [0.1, 0.15) is 42.1 Å². The van der Waals surface area contributed by atoms with E-state index in [1.165, 1.54) is 0 Å². The standard InChI is InChI=1S/C14H16ClN3O2/c15-11-6-2-1-5-10(11)12(16)14-17-13(18-20-14)9-4-3-7-19-8-9/h1-2,5-6,9,12H,3-4,7-8,16H2/t9?,12-/m1/s1. The van der Waals surface area contributed by atoms with Gasteiger partial charge in [0.2, 0.25) is 5.89 Å². The molecule has 6 heteroatoms. The van der Waals surface area contributed by atoms with Gasteiger partial charge in [0.05, 0.1) is 6.61 Å². The number of halogens is 1. The van der Waals surface area contributed by atoms with Crippen LogP contribution in [0.5, 0.6) is 0 Å². The Morgan fingerprint density at radius 1 is 1.35 bits per heavy atom. The summed E-state index contributed by atoms with van der Waals surface area (Å²) in [6, 6.07) is 6.89. The average molecular weight is 294 g/mol. The van der Waals surface area contributed by atoms with Gasteiger partial charge in [-0.25, -0.2) is 0 Å². The first kappa shape index (κ1) is 13.5. The molecular formula is C14H16ClN3O2. The fourth-order valence-corrected chi connectivity index (χ4v) is 2.60. The van der Waals surface area contributed by atoms with E-state index in [9.17, 15) is 0 Å². The molecule has 106 valence electrons. The summed E-state index contributed by atoms with van der Waals surface area (Å²) in [5, 5.41) is 4.62. The van der Waals surface area contributed by atoms with E-state index in [0.29, 0.717) is 23.3 Å². The van der Waals surface area contributed by atoms with Crippen molar-refractivity contribution in [1.82, 2.24) is 10.1 Å². The van der Waals surface area contributed by atoms with Crippen molar-refractivity contribution in [3.8, 4) is 0 Å². The number of aromatic nitrogens is 2. The maximum Gasteiger partial charge on any atom is 0.248 e. The average Bonchev–Trinajstić information content (AvgIpc) is 2.98. The molecule has 0 spiro atoms. The number of nitrogens with zero attached hydrogens (tertiary/aromatic N) is 2. The zero-order chi connectivity index (χ0) is 13.9. The van der Waals surface area contributed by atoms with Crippen LogP contribution in [-0.4, -0.2) is 23.4 Å². The highest BCUT2D eigenvalue weighted by molar-refractivity contribution is 6.31. The van der Waals surface area contributed by atoms with Gasteiger partial charge < -0.3 is 15.0 Å². The maximum absolute atomic E-state index is 6.15. The summed E-state index contributed by atoms with van der Waals surface area (Å²) < 4.78 is 10.7. The Balaban J connectivity index is 1.81. The molecule has 5 nitrogen and oxygen atoms in total. The van der Waals surface area contributed by atoms with E-state index < -0.39 is 6.04 Å². The molecule has 0 saturated carbocycles. The van der Waals surface area contributed by atoms with Crippen molar-refractivity contribution >= 4 is 11.6 Å². The molecule has 3 rings (SSSR count). The number of nitrogens with two attached hydrogens (primary N) is 1. The topological polar surface area (TPSA) is 74.2 Å². The Morgan fingerprint density at radius 3 is 2.95 bits per heavy atom. The molecule has 2 atom stereocenters. The lowest BCUT2D eigenvalue weighted by molar-refractivity contribution is 0.0773. The number of ether oxygens (including phenoxy) is 1. The van der Waals surface area contributed by atoms with E-state index in [0.717, 1.165) is 25.0 Å². The summed E-state index contributed by atoms with van der Waals surface area (Å²) >= 11 is 6.13. The first-order valence-electron chi connectivity index (χ1n) is 6.67. The van der Waals surface area contributed by atoms with E-state index >= 15 is 0 Å². The van der Waals surface area contributed by atoms with Crippen molar-refractivity contribution in [1.29, 1.82) is 0 Å². The lowest BCUT2D eigenvalue weighted by Crippen LogP contribution is -2.17. The minimum atomic E-state index is -0.505. The van der Waals surface area contributed by atoms with E-state index in [1.807, 2.05) is 18.2 Å². The van der Waals surface area contributed by atoms with Gasteiger partial charge >= 0.3 is 0 Å². The van der Waals surface area contributed by atoms with Gasteiger partial charge in [0.15, 0.2) is 5.82 Å². The molecule has 2 heterocycles. The first-order chi connectivity index (χ1) is 9.75. The predicted molar refractivity (Wildman–Crippen MR) is 74.6 cm³/mol. The molecule has 0 radical (unpaired) electrons. The Bertz CT molecular complexity index is 581. The van der Waals surface area contributed by atoms with Gasteiger partial charge in [-0.2, -0.15) is 4.98 Å². The monoisotopic (exact) mass is 293 g/mol. The van der Waals surface area contributed by atoms with Gasteiger partial charge in [-0.15, -0.1) is 0 Å².